The van der Waals surface area contributed by atoms with Crippen molar-refractivity contribution >= 4 is 5.91 Å². The van der Waals surface area contributed by atoms with Crippen LogP contribution in [0.25, 0.3) is 0 Å². The van der Waals surface area contributed by atoms with Gasteiger partial charge in [0.2, 0.25) is 5.91 Å². The summed E-state index contributed by atoms with van der Waals surface area (Å²) < 4.78 is 5.44. The monoisotopic (exact) mass is 277 g/mol. The predicted octanol–water partition coefficient (Wildman–Crippen LogP) is 0.442. The van der Waals surface area contributed by atoms with Crippen molar-refractivity contribution in [1.29, 1.82) is 0 Å². The van der Waals surface area contributed by atoms with Crippen LogP contribution in [0.3, 0.4) is 0 Å². The molecule has 1 amide bonds. The molecule has 0 aliphatic carbocycles. The summed E-state index contributed by atoms with van der Waals surface area (Å²) in [6.07, 6.45) is 0. The fourth-order valence-corrected chi connectivity index (χ4v) is 2.63. The molecule has 2 rings (SSSR count). The summed E-state index contributed by atoms with van der Waals surface area (Å²) in [5.74, 6) is -0.0183. The van der Waals surface area contributed by atoms with E-state index in [9.17, 15) is 4.79 Å². The van der Waals surface area contributed by atoms with Gasteiger partial charge in [-0.3, -0.25) is 9.69 Å². The molecule has 1 fully saturated rings. The number of hydrogen-bond acceptors (Lipinski definition) is 4. The lowest BCUT2D eigenvalue weighted by Gasteiger charge is -2.39. The Morgan fingerprint density at radius 1 is 1.50 bits per heavy atom. The fraction of sp³-hybridized carbons (Fsp3) is 0.533. The quantitative estimate of drug-likeness (QED) is 0.838. The SMILES string of the molecule is CNC(=O)C1COCCN1C(CN)c1ccc(C)cc1. The van der Waals surface area contributed by atoms with E-state index in [2.05, 4.69) is 41.4 Å². The summed E-state index contributed by atoms with van der Waals surface area (Å²) in [5.41, 5.74) is 8.33. The summed E-state index contributed by atoms with van der Waals surface area (Å²) in [7, 11) is 1.65. The molecule has 1 aromatic carbocycles. The molecule has 0 spiro atoms. The Morgan fingerprint density at radius 3 is 2.80 bits per heavy atom. The van der Waals surface area contributed by atoms with Crippen molar-refractivity contribution in [2.45, 2.75) is 19.0 Å². The van der Waals surface area contributed by atoms with E-state index >= 15 is 0 Å². The highest BCUT2D eigenvalue weighted by Crippen LogP contribution is 2.24. The van der Waals surface area contributed by atoms with Gasteiger partial charge in [-0.1, -0.05) is 29.8 Å². The minimum absolute atomic E-state index is 0.0183. The number of nitrogens with two attached hydrogens (primary N) is 1. The highest BCUT2D eigenvalue weighted by molar-refractivity contribution is 5.81. The number of morpholine rings is 1. The van der Waals surface area contributed by atoms with Crippen LogP contribution in [0.4, 0.5) is 0 Å². The van der Waals surface area contributed by atoms with Crippen LogP contribution in [0.5, 0.6) is 0 Å². The lowest BCUT2D eigenvalue weighted by molar-refractivity contribution is -0.134. The minimum Gasteiger partial charge on any atom is -0.378 e. The van der Waals surface area contributed by atoms with Gasteiger partial charge in [0, 0.05) is 26.2 Å². The van der Waals surface area contributed by atoms with Crippen molar-refractivity contribution in [3.05, 3.63) is 35.4 Å². The Morgan fingerprint density at radius 2 is 2.20 bits per heavy atom. The molecule has 110 valence electrons. The lowest BCUT2D eigenvalue weighted by Crippen LogP contribution is -2.55. The topological polar surface area (TPSA) is 67.6 Å². The maximum Gasteiger partial charge on any atom is 0.239 e. The summed E-state index contributed by atoms with van der Waals surface area (Å²) in [4.78, 5) is 14.2. The number of carbonyl (C=O) groups excluding carboxylic acids is 1. The van der Waals surface area contributed by atoms with Crippen molar-refractivity contribution in [2.75, 3.05) is 33.4 Å². The molecular formula is C15H23N3O2. The first-order valence-electron chi connectivity index (χ1n) is 6.99. The van der Waals surface area contributed by atoms with Crippen LogP contribution >= 0.6 is 0 Å². The molecule has 5 nitrogen and oxygen atoms in total. The summed E-state index contributed by atoms with van der Waals surface area (Å²) in [5, 5.41) is 2.70. The van der Waals surface area contributed by atoms with Gasteiger partial charge >= 0.3 is 0 Å². The fourth-order valence-electron chi connectivity index (χ4n) is 2.63. The summed E-state index contributed by atoms with van der Waals surface area (Å²) in [6.45, 7) is 4.31. The number of rotatable bonds is 4. The number of carbonyl (C=O) groups is 1. The van der Waals surface area contributed by atoms with Crippen LogP contribution in [0.2, 0.25) is 0 Å². The van der Waals surface area contributed by atoms with Crippen LogP contribution in [-0.2, 0) is 9.53 Å². The standard InChI is InChI=1S/C15H23N3O2/c1-11-3-5-12(6-4-11)13(9-16)18-7-8-20-10-14(18)15(19)17-2/h3-6,13-14H,7-10,16H2,1-2H3,(H,17,19). The zero-order chi connectivity index (χ0) is 14.5. The van der Waals surface area contributed by atoms with Gasteiger partial charge in [-0.05, 0) is 12.5 Å². The third kappa shape index (κ3) is 3.17. The number of amides is 1. The normalized spacial score (nSPS) is 21.4. The van der Waals surface area contributed by atoms with Crippen LogP contribution in [0.15, 0.2) is 24.3 Å². The first-order chi connectivity index (χ1) is 9.67. The van der Waals surface area contributed by atoms with Crippen LogP contribution in [0, 0.1) is 6.92 Å². The second-order valence-electron chi connectivity index (χ2n) is 5.10. The van der Waals surface area contributed by atoms with Gasteiger partial charge in [-0.2, -0.15) is 0 Å². The van der Waals surface area contributed by atoms with E-state index in [0.29, 0.717) is 26.3 Å². The summed E-state index contributed by atoms with van der Waals surface area (Å²) >= 11 is 0. The van der Waals surface area contributed by atoms with Gasteiger partial charge in [-0.15, -0.1) is 0 Å². The Bertz CT molecular complexity index is 447. The largest absolute Gasteiger partial charge is 0.378 e. The molecule has 1 aliphatic heterocycles. The highest BCUT2D eigenvalue weighted by atomic mass is 16.5. The number of ether oxygens (including phenoxy) is 1. The van der Waals surface area contributed by atoms with E-state index in [0.717, 1.165) is 5.56 Å². The molecule has 2 unspecified atom stereocenters. The zero-order valence-electron chi connectivity index (χ0n) is 12.1. The first-order valence-corrected chi connectivity index (χ1v) is 6.99. The van der Waals surface area contributed by atoms with Crippen LogP contribution in [-0.4, -0.2) is 50.2 Å². The van der Waals surface area contributed by atoms with E-state index in [1.165, 1.54) is 5.56 Å². The van der Waals surface area contributed by atoms with Gasteiger partial charge in [0.1, 0.15) is 6.04 Å². The summed E-state index contributed by atoms with van der Waals surface area (Å²) in [6, 6.07) is 8.10. The average Bonchev–Trinajstić information content (AvgIpc) is 2.49. The van der Waals surface area contributed by atoms with Gasteiger partial charge in [0.25, 0.3) is 0 Å². The molecule has 5 heteroatoms. The molecule has 3 N–H and O–H groups in total. The Kier molecular flexibility index (Phi) is 5.11. The zero-order valence-corrected chi connectivity index (χ0v) is 12.1. The molecule has 1 aromatic rings. The molecule has 0 radical (unpaired) electrons. The molecule has 1 saturated heterocycles. The predicted molar refractivity (Wildman–Crippen MR) is 78.4 cm³/mol. The van der Waals surface area contributed by atoms with E-state index in [1.807, 2.05) is 0 Å². The van der Waals surface area contributed by atoms with Crippen molar-refractivity contribution in [2.24, 2.45) is 5.73 Å². The number of hydrogen-bond donors (Lipinski definition) is 2. The number of nitrogens with zero attached hydrogens (tertiary/aromatic N) is 1. The number of aryl methyl sites for hydroxylation is 1. The average molecular weight is 277 g/mol. The van der Waals surface area contributed by atoms with Crippen molar-refractivity contribution < 1.29 is 9.53 Å². The van der Waals surface area contributed by atoms with E-state index < -0.39 is 0 Å². The molecule has 0 saturated carbocycles. The maximum atomic E-state index is 12.0. The van der Waals surface area contributed by atoms with Crippen LogP contribution < -0.4 is 11.1 Å². The third-order valence-electron chi connectivity index (χ3n) is 3.80. The first kappa shape index (κ1) is 15.0. The minimum atomic E-state index is -0.274. The molecule has 0 bridgehead atoms. The third-order valence-corrected chi connectivity index (χ3v) is 3.80. The van der Waals surface area contributed by atoms with Gasteiger partial charge in [0.05, 0.1) is 13.2 Å². The van der Waals surface area contributed by atoms with Crippen molar-refractivity contribution in [1.82, 2.24) is 10.2 Å². The van der Waals surface area contributed by atoms with E-state index in [1.54, 1.807) is 7.05 Å². The Labute approximate surface area is 120 Å². The molecule has 1 aliphatic rings. The molecule has 0 aromatic heterocycles. The van der Waals surface area contributed by atoms with Crippen molar-refractivity contribution in [3.8, 4) is 0 Å². The van der Waals surface area contributed by atoms with Gasteiger partial charge in [0.15, 0.2) is 0 Å². The molecular weight excluding hydrogens is 254 g/mol. The lowest BCUT2D eigenvalue weighted by atomic mass is 10.0. The Hall–Kier alpha value is -1.43. The highest BCUT2D eigenvalue weighted by Gasteiger charge is 2.33. The molecule has 20 heavy (non-hydrogen) atoms. The van der Waals surface area contributed by atoms with Crippen LogP contribution in [0.1, 0.15) is 17.2 Å². The maximum absolute atomic E-state index is 12.0. The van der Waals surface area contributed by atoms with Gasteiger partial charge < -0.3 is 15.8 Å². The number of benzene rings is 1. The second kappa shape index (κ2) is 6.83. The Balaban J connectivity index is 2.23. The van der Waals surface area contributed by atoms with E-state index in [4.69, 9.17) is 10.5 Å². The second-order valence-corrected chi connectivity index (χ2v) is 5.10. The molecule has 1 heterocycles. The number of likely N-dealkylation sites (N-methyl/N-ethyl adjacent to an activating group) is 1. The number of nitrogens with one attached hydrogen (secondary N) is 1. The van der Waals surface area contributed by atoms with Crippen molar-refractivity contribution in [3.63, 3.8) is 0 Å². The van der Waals surface area contributed by atoms with Gasteiger partial charge in [-0.25, -0.2) is 0 Å². The molecule has 2 atom stereocenters. The smallest absolute Gasteiger partial charge is 0.239 e. The van der Waals surface area contributed by atoms with E-state index in [-0.39, 0.29) is 18.0 Å².